The van der Waals surface area contributed by atoms with Gasteiger partial charge < -0.3 is 24.4 Å². The summed E-state index contributed by atoms with van der Waals surface area (Å²) in [6.07, 6.45) is 0. The number of carbonyl (C=O) groups excluding carboxylic acids is 2. The number of rotatable bonds is 12. The smallest absolute Gasteiger partial charge is 0.255 e. The van der Waals surface area contributed by atoms with Gasteiger partial charge in [0, 0.05) is 31.7 Å². The van der Waals surface area contributed by atoms with E-state index in [4.69, 9.17) is 14.2 Å². The molecule has 11 heteroatoms. The number of hydrogen-bond acceptors (Lipinski definition) is 7. The van der Waals surface area contributed by atoms with Gasteiger partial charge in [0.1, 0.15) is 17.5 Å². The quantitative estimate of drug-likeness (QED) is 0.243. The Morgan fingerprint density at radius 2 is 1.39 bits per heavy atom. The van der Waals surface area contributed by atoms with E-state index in [-0.39, 0.29) is 42.5 Å². The van der Waals surface area contributed by atoms with E-state index in [9.17, 15) is 18.0 Å². The SMILES string of the molecule is COc1ccc(CNC(=O)[C@H](c2ccc(OC)cc2)N(Cc2ccccc2)C(=O)c2ccc(S(=O)(=O)N3CCOCC3)cc2)cc1. The maximum Gasteiger partial charge on any atom is 0.255 e. The van der Waals surface area contributed by atoms with E-state index in [1.165, 1.54) is 33.5 Å². The number of carbonyl (C=O) groups is 2. The predicted molar refractivity (Wildman–Crippen MR) is 173 cm³/mol. The molecule has 5 rings (SSSR count). The average molecular weight is 644 g/mol. The number of benzene rings is 4. The number of nitrogens with one attached hydrogen (secondary N) is 1. The first-order valence-electron chi connectivity index (χ1n) is 14.9. The van der Waals surface area contributed by atoms with Crippen LogP contribution in [0.2, 0.25) is 0 Å². The lowest BCUT2D eigenvalue weighted by Crippen LogP contribution is -2.43. The fourth-order valence-corrected chi connectivity index (χ4v) is 6.63. The highest BCUT2D eigenvalue weighted by Crippen LogP contribution is 2.28. The summed E-state index contributed by atoms with van der Waals surface area (Å²) in [4.78, 5) is 30.0. The fourth-order valence-electron chi connectivity index (χ4n) is 5.22. The zero-order chi connectivity index (χ0) is 32.5. The summed E-state index contributed by atoms with van der Waals surface area (Å²) in [6, 6.07) is 28.6. The Hall–Kier alpha value is -4.71. The minimum atomic E-state index is -3.75. The lowest BCUT2D eigenvalue weighted by molar-refractivity contribution is -0.126. The molecule has 0 aliphatic carbocycles. The molecule has 1 aliphatic rings. The molecule has 4 aromatic rings. The molecule has 0 aromatic heterocycles. The third-order valence-electron chi connectivity index (χ3n) is 7.78. The van der Waals surface area contributed by atoms with Gasteiger partial charge in [0.05, 0.1) is 32.3 Å². The van der Waals surface area contributed by atoms with Crippen LogP contribution in [0.15, 0.2) is 108 Å². The highest BCUT2D eigenvalue weighted by atomic mass is 32.2. The molecule has 1 aliphatic heterocycles. The van der Waals surface area contributed by atoms with Crippen molar-refractivity contribution in [3.05, 3.63) is 125 Å². The molecule has 0 bridgehead atoms. The second-order valence-corrected chi connectivity index (χ2v) is 12.6. The van der Waals surface area contributed by atoms with Gasteiger partial charge in [-0.1, -0.05) is 54.6 Å². The maximum atomic E-state index is 14.3. The zero-order valence-corrected chi connectivity index (χ0v) is 26.6. The van der Waals surface area contributed by atoms with Crippen molar-refractivity contribution in [3.8, 4) is 11.5 Å². The van der Waals surface area contributed by atoms with Gasteiger partial charge >= 0.3 is 0 Å². The Kier molecular flexibility index (Phi) is 10.7. The minimum Gasteiger partial charge on any atom is -0.497 e. The summed E-state index contributed by atoms with van der Waals surface area (Å²) in [5, 5.41) is 3.00. The average Bonchev–Trinajstić information content (AvgIpc) is 3.11. The Morgan fingerprint density at radius 3 is 1.98 bits per heavy atom. The second-order valence-electron chi connectivity index (χ2n) is 10.7. The van der Waals surface area contributed by atoms with E-state index in [1.807, 2.05) is 54.6 Å². The Bertz CT molecular complexity index is 1710. The lowest BCUT2D eigenvalue weighted by atomic mass is 10.0. The van der Waals surface area contributed by atoms with Crippen LogP contribution in [-0.4, -0.2) is 70.0 Å². The van der Waals surface area contributed by atoms with Gasteiger partial charge in [-0.05, 0) is 65.2 Å². The van der Waals surface area contributed by atoms with Gasteiger partial charge in [0.2, 0.25) is 15.9 Å². The summed E-state index contributed by atoms with van der Waals surface area (Å²) in [6.45, 7) is 1.55. The Morgan fingerprint density at radius 1 is 0.804 bits per heavy atom. The maximum absolute atomic E-state index is 14.3. The van der Waals surface area contributed by atoms with Crippen LogP contribution in [0, 0.1) is 0 Å². The van der Waals surface area contributed by atoms with Crippen molar-refractivity contribution in [1.29, 1.82) is 0 Å². The standard InChI is InChI=1S/C35H37N3O7S/c1-43-30-14-8-26(9-15-30)24-36-34(39)33(28-10-16-31(44-2)17-11-28)38(25-27-6-4-3-5-7-27)35(40)29-12-18-32(19-13-29)46(41,42)37-20-22-45-23-21-37/h3-19,33H,20-25H2,1-2H3,(H,36,39)/t33-/m0/s1. The molecular formula is C35H37N3O7S. The van der Waals surface area contributed by atoms with E-state index in [1.54, 1.807) is 38.5 Å². The van der Waals surface area contributed by atoms with Crippen molar-refractivity contribution >= 4 is 21.8 Å². The molecule has 240 valence electrons. The summed E-state index contributed by atoms with van der Waals surface area (Å²) >= 11 is 0. The molecule has 0 saturated carbocycles. The summed E-state index contributed by atoms with van der Waals surface area (Å²) in [5.74, 6) is 0.505. The molecule has 0 spiro atoms. The first kappa shape index (κ1) is 32.7. The number of amides is 2. The zero-order valence-electron chi connectivity index (χ0n) is 25.8. The number of nitrogens with zero attached hydrogens (tertiary/aromatic N) is 2. The van der Waals surface area contributed by atoms with Gasteiger partial charge in [-0.3, -0.25) is 9.59 Å². The highest BCUT2D eigenvalue weighted by molar-refractivity contribution is 7.89. The fraction of sp³-hybridized carbons (Fsp3) is 0.257. The molecule has 1 saturated heterocycles. The summed E-state index contributed by atoms with van der Waals surface area (Å²) < 4.78 is 43.7. The lowest BCUT2D eigenvalue weighted by Gasteiger charge is -2.32. The van der Waals surface area contributed by atoms with Crippen LogP contribution >= 0.6 is 0 Å². The van der Waals surface area contributed by atoms with E-state index in [0.29, 0.717) is 30.3 Å². The predicted octanol–water partition coefficient (Wildman–Crippen LogP) is 4.42. The molecule has 2 amide bonds. The second kappa shape index (κ2) is 15.0. The first-order chi connectivity index (χ1) is 22.3. The van der Waals surface area contributed by atoms with E-state index in [2.05, 4.69) is 5.32 Å². The normalized spacial score (nSPS) is 14.2. The summed E-state index contributed by atoms with van der Waals surface area (Å²) in [5.41, 5.74) is 2.52. The number of sulfonamides is 1. The van der Waals surface area contributed by atoms with Crippen LogP contribution in [0.5, 0.6) is 11.5 Å². The van der Waals surface area contributed by atoms with Gasteiger partial charge in [-0.15, -0.1) is 0 Å². The molecule has 4 aromatic carbocycles. The van der Waals surface area contributed by atoms with E-state index < -0.39 is 22.0 Å². The first-order valence-corrected chi connectivity index (χ1v) is 16.3. The third kappa shape index (κ3) is 7.74. The van der Waals surface area contributed by atoms with Crippen molar-refractivity contribution in [2.75, 3.05) is 40.5 Å². The number of hydrogen-bond donors (Lipinski definition) is 1. The molecule has 10 nitrogen and oxygen atoms in total. The van der Waals surface area contributed by atoms with Gasteiger partial charge in [0.15, 0.2) is 0 Å². The van der Waals surface area contributed by atoms with Crippen molar-refractivity contribution in [1.82, 2.24) is 14.5 Å². The molecule has 1 heterocycles. The molecule has 0 unspecified atom stereocenters. The van der Waals surface area contributed by atoms with Crippen LogP contribution in [-0.2, 0) is 32.6 Å². The monoisotopic (exact) mass is 643 g/mol. The Balaban J connectivity index is 1.48. The molecule has 46 heavy (non-hydrogen) atoms. The number of methoxy groups -OCH3 is 2. The van der Waals surface area contributed by atoms with Crippen LogP contribution in [0.1, 0.15) is 33.1 Å². The largest absolute Gasteiger partial charge is 0.497 e. The van der Waals surface area contributed by atoms with Crippen molar-refractivity contribution in [2.24, 2.45) is 0 Å². The molecular weight excluding hydrogens is 606 g/mol. The summed E-state index contributed by atoms with van der Waals surface area (Å²) in [7, 11) is -0.600. The van der Waals surface area contributed by atoms with Crippen molar-refractivity contribution in [3.63, 3.8) is 0 Å². The van der Waals surface area contributed by atoms with E-state index in [0.717, 1.165) is 11.1 Å². The van der Waals surface area contributed by atoms with Crippen LogP contribution < -0.4 is 14.8 Å². The van der Waals surface area contributed by atoms with Crippen LogP contribution in [0.4, 0.5) is 0 Å². The molecule has 0 radical (unpaired) electrons. The molecule has 1 atom stereocenters. The van der Waals surface area contributed by atoms with Gasteiger partial charge in [-0.2, -0.15) is 4.31 Å². The number of ether oxygens (including phenoxy) is 3. The third-order valence-corrected chi connectivity index (χ3v) is 9.70. The van der Waals surface area contributed by atoms with Crippen LogP contribution in [0.3, 0.4) is 0 Å². The van der Waals surface area contributed by atoms with Gasteiger partial charge in [-0.25, -0.2) is 8.42 Å². The van der Waals surface area contributed by atoms with Crippen LogP contribution in [0.25, 0.3) is 0 Å². The highest BCUT2D eigenvalue weighted by Gasteiger charge is 2.33. The van der Waals surface area contributed by atoms with Crippen molar-refractivity contribution in [2.45, 2.75) is 24.0 Å². The van der Waals surface area contributed by atoms with Gasteiger partial charge in [0.25, 0.3) is 5.91 Å². The number of morpholine rings is 1. The Labute approximate surface area is 269 Å². The van der Waals surface area contributed by atoms with Crippen molar-refractivity contribution < 1.29 is 32.2 Å². The molecule has 1 N–H and O–H groups in total. The molecule has 1 fully saturated rings. The topological polar surface area (TPSA) is 114 Å². The minimum absolute atomic E-state index is 0.0875. The van der Waals surface area contributed by atoms with E-state index >= 15 is 0 Å².